The number of ether oxygens (including phenoxy) is 2. The monoisotopic (exact) mass is 415 g/mol. The predicted molar refractivity (Wildman–Crippen MR) is 119 cm³/mol. The lowest BCUT2D eigenvalue weighted by atomic mass is 10.1. The number of methoxy groups -OCH3 is 1. The van der Waals surface area contributed by atoms with Crippen molar-refractivity contribution in [1.82, 2.24) is 0 Å². The van der Waals surface area contributed by atoms with Gasteiger partial charge in [0, 0.05) is 17.3 Å². The van der Waals surface area contributed by atoms with Crippen LogP contribution in [0.15, 0.2) is 83.9 Å². The van der Waals surface area contributed by atoms with Gasteiger partial charge >= 0.3 is 5.97 Å². The summed E-state index contributed by atoms with van der Waals surface area (Å²) >= 11 is 0. The van der Waals surface area contributed by atoms with Gasteiger partial charge in [-0.25, -0.2) is 9.18 Å². The van der Waals surface area contributed by atoms with E-state index in [1.807, 2.05) is 54.6 Å². The number of aryl methyl sites for hydroxylation is 1. The Balaban J connectivity index is 1.55. The van der Waals surface area contributed by atoms with Crippen molar-refractivity contribution in [1.29, 1.82) is 0 Å². The van der Waals surface area contributed by atoms with E-state index in [2.05, 4.69) is 4.99 Å². The van der Waals surface area contributed by atoms with E-state index in [9.17, 15) is 9.18 Å². The molecule has 0 fully saturated rings. The zero-order chi connectivity index (χ0) is 21.6. The Morgan fingerprint density at radius 3 is 2.68 bits per heavy atom. The number of carbonyl (C=O) groups is 1. The lowest BCUT2D eigenvalue weighted by Gasteiger charge is -2.11. The SMILES string of the molecule is COC(=O)/C=C(\Oc1cccc(C=N[C@@H]2CCc3cccc(F)c32)c1)c1ccccc1. The summed E-state index contributed by atoms with van der Waals surface area (Å²) < 4.78 is 25.0. The molecule has 4 nitrogen and oxygen atoms in total. The number of hydrogen-bond donors (Lipinski definition) is 0. The fourth-order valence-electron chi connectivity index (χ4n) is 3.66. The number of hydrogen-bond acceptors (Lipinski definition) is 4. The summed E-state index contributed by atoms with van der Waals surface area (Å²) in [5.41, 5.74) is 3.30. The summed E-state index contributed by atoms with van der Waals surface area (Å²) in [6.07, 6.45) is 4.68. The average Bonchev–Trinajstić information content (AvgIpc) is 3.22. The van der Waals surface area contributed by atoms with Crippen molar-refractivity contribution in [2.45, 2.75) is 18.9 Å². The molecule has 0 saturated heterocycles. The Kier molecular flexibility index (Phi) is 6.22. The number of nitrogens with zero attached hydrogens (tertiary/aromatic N) is 1. The van der Waals surface area contributed by atoms with E-state index in [-0.39, 0.29) is 11.9 Å². The fourth-order valence-corrected chi connectivity index (χ4v) is 3.66. The van der Waals surface area contributed by atoms with Crippen LogP contribution in [0.25, 0.3) is 5.76 Å². The van der Waals surface area contributed by atoms with Gasteiger partial charge in [0.2, 0.25) is 0 Å². The number of esters is 1. The minimum atomic E-state index is -0.501. The summed E-state index contributed by atoms with van der Waals surface area (Å²) in [5.74, 6) is 0.238. The first kappa shape index (κ1) is 20.5. The molecule has 0 aromatic heterocycles. The quantitative estimate of drug-likeness (QED) is 0.230. The van der Waals surface area contributed by atoms with Crippen molar-refractivity contribution in [3.8, 4) is 5.75 Å². The molecular formula is C26H22FNO3. The molecule has 0 spiro atoms. The maximum atomic E-state index is 14.2. The average molecular weight is 415 g/mol. The first-order valence-corrected chi connectivity index (χ1v) is 10.1. The largest absolute Gasteiger partial charge is 0.466 e. The molecule has 0 radical (unpaired) electrons. The van der Waals surface area contributed by atoms with Gasteiger partial charge in [-0.2, -0.15) is 0 Å². The highest BCUT2D eigenvalue weighted by atomic mass is 19.1. The molecule has 4 rings (SSSR count). The van der Waals surface area contributed by atoms with Crippen LogP contribution in [-0.2, 0) is 16.0 Å². The lowest BCUT2D eigenvalue weighted by Crippen LogP contribution is -2.02. The van der Waals surface area contributed by atoms with Gasteiger partial charge in [0.25, 0.3) is 0 Å². The van der Waals surface area contributed by atoms with Gasteiger partial charge in [0.15, 0.2) is 0 Å². The van der Waals surface area contributed by atoms with Crippen LogP contribution in [0.5, 0.6) is 5.75 Å². The molecule has 0 aliphatic heterocycles. The molecule has 0 amide bonds. The van der Waals surface area contributed by atoms with Gasteiger partial charge in [-0.3, -0.25) is 4.99 Å². The molecule has 0 unspecified atom stereocenters. The Bertz CT molecular complexity index is 1140. The highest BCUT2D eigenvalue weighted by Crippen LogP contribution is 2.35. The molecule has 5 heteroatoms. The van der Waals surface area contributed by atoms with Gasteiger partial charge in [0.1, 0.15) is 17.3 Å². The van der Waals surface area contributed by atoms with Crippen molar-refractivity contribution in [2.24, 2.45) is 4.99 Å². The van der Waals surface area contributed by atoms with E-state index in [1.54, 1.807) is 18.3 Å². The fraction of sp³-hybridized carbons (Fsp3) is 0.154. The van der Waals surface area contributed by atoms with Gasteiger partial charge in [-0.05, 0) is 42.2 Å². The molecule has 0 heterocycles. The van der Waals surface area contributed by atoms with Crippen LogP contribution in [0, 0.1) is 5.82 Å². The third kappa shape index (κ3) is 4.89. The van der Waals surface area contributed by atoms with E-state index in [0.717, 1.165) is 29.5 Å². The zero-order valence-corrected chi connectivity index (χ0v) is 17.1. The lowest BCUT2D eigenvalue weighted by molar-refractivity contribution is -0.134. The molecule has 0 bridgehead atoms. The molecule has 3 aromatic rings. The van der Waals surface area contributed by atoms with Crippen LogP contribution in [0.1, 0.15) is 34.7 Å². The number of halogens is 1. The molecule has 1 aliphatic carbocycles. The minimum Gasteiger partial charge on any atom is -0.466 e. The zero-order valence-electron chi connectivity index (χ0n) is 17.1. The second kappa shape index (κ2) is 9.39. The number of benzene rings is 3. The maximum Gasteiger partial charge on any atom is 0.334 e. The summed E-state index contributed by atoms with van der Waals surface area (Å²) in [6, 6.07) is 21.7. The Hall–Kier alpha value is -3.73. The van der Waals surface area contributed by atoms with Crippen molar-refractivity contribution in [2.75, 3.05) is 7.11 Å². The second-order valence-corrected chi connectivity index (χ2v) is 7.22. The summed E-state index contributed by atoms with van der Waals surface area (Å²) in [4.78, 5) is 16.4. The highest BCUT2D eigenvalue weighted by molar-refractivity contribution is 5.90. The van der Waals surface area contributed by atoms with Crippen molar-refractivity contribution in [3.05, 3.63) is 107 Å². The van der Waals surface area contributed by atoms with Crippen LogP contribution in [0.4, 0.5) is 4.39 Å². The summed E-state index contributed by atoms with van der Waals surface area (Å²) in [6.45, 7) is 0. The van der Waals surface area contributed by atoms with Gasteiger partial charge in [-0.15, -0.1) is 0 Å². The van der Waals surface area contributed by atoms with Crippen molar-refractivity contribution < 1.29 is 18.7 Å². The molecule has 31 heavy (non-hydrogen) atoms. The van der Waals surface area contributed by atoms with Crippen molar-refractivity contribution in [3.63, 3.8) is 0 Å². The maximum absolute atomic E-state index is 14.2. The van der Waals surface area contributed by atoms with Crippen LogP contribution >= 0.6 is 0 Å². The summed E-state index contributed by atoms with van der Waals surface area (Å²) in [5, 5.41) is 0. The Morgan fingerprint density at radius 1 is 1.06 bits per heavy atom. The van der Waals surface area contributed by atoms with Gasteiger partial charge in [-0.1, -0.05) is 54.6 Å². The molecule has 0 saturated carbocycles. The Labute approximate surface area is 180 Å². The molecule has 0 N–H and O–H groups in total. The summed E-state index contributed by atoms with van der Waals surface area (Å²) in [7, 11) is 1.32. The number of rotatable bonds is 6. The van der Waals surface area contributed by atoms with Crippen molar-refractivity contribution >= 4 is 17.9 Å². The second-order valence-electron chi connectivity index (χ2n) is 7.22. The van der Waals surface area contributed by atoms with E-state index < -0.39 is 5.97 Å². The normalized spacial score (nSPS) is 15.7. The number of aliphatic imine (C=N–C) groups is 1. The minimum absolute atomic E-state index is 0.181. The number of carbonyl (C=O) groups excluding carboxylic acids is 1. The molecular weight excluding hydrogens is 393 g/mol. The molecule has 3 aromatic carbocycles. The smallest absolute Gasteiger partial charge is 0.334 e. The van der Waals surface area contributed by atoms with E-state index in [4.69, 9.17) is 9.47 Å². The van der Waals surface area contributed by atoms with Crippen LogP contribution < -0.4 is 4.74 Å². The third-order valence-electron chi connectivity index (χ3n) is 5.16. The number of fused-ring (bicyclic) bond motifs is 1. The van der Waals surface area contributed by atoms with E-state index in [0.29, 0.717) is 17.1 Å². The van der Waals surface area contributed by atoms with E-state index in [1.165, 1.54) is 19.3 Å². The third-order valence-corrected chi connectivity index (χ3v) is 5.16. The van der Waals surface area contributed by atoms with Crippen LogP contribution in [0.2, 0.25) is 0 Å². The first-order chi connectivity index (χ1) is 15.1. The van der Waals surface area contributed by atoms with Crippen LogP contribution in [-0.4, -0.2) is 19.3 Å². The van der Waals surface area contributed by atoms with E-state index >= 15 is 0 Å². The van der Waals surface area contributed by atoms with Crippen LogP contribution in [0.3, 0.4) is 0 Å². The molecule has 1 atom stereocenters. The molecule has 1 aliphatic rings. The van der Waals surface area contributed by atoms with Gasteiger partial charge < -0.3 is 9.47 Å². The highest BCUT2D eigenvalue weighted by Gasteiger charge is 2.24. The topological polar surface area (TPSA) is 47.9 Å². The Morgan fingerprint density at radius 2 is 1.87 bits per heavy atom. The first-order valence-electron chi connectivity index (χ1n) is 10.1. The molecule has 156 valence electrons. The van der Waals surface area contributed by atoms with Gasteiger partial charge in [0.05, 0.1) is 19.2 Å². The predicted octanol–water partition coefficient (Wildman–Crippen LogP) is 5.53. The standard InChI is InChI=1S/C26H22FNO3/c1-30-25(29)16-24(19-8-3-2-4-9-19)31-21-11-5-7-18(15-21)17-28-23-14-13-20-10-6-12-22(27)26(20)23/h2-12,15-17,23H,13-14H2,1H3/b24-16-,28-17?/t23-/m1/s1.